The van der Waals surface area contributed by atoms with E-state index in [9.17, 15) is 9.90 Å². The predicted octanol–water partition coefficient (Wildman–Crippen LogP) is 0.760. The Bertz CT molecular complexity index is 420. The SMILES string of the molecule is CCC(O)CNC(=O)C1NCCc2ccccc21. The number of aliphatic hydroxyl groups excluding tert-OH is 1. The standard InChI is InChI=1S/C14H20N2O2/c1-2-11(17)9-16-14(18)13-12-6-4-3-5-10(12)7-8-15-13/h3-6,11,13,15,17H,2,7-9H2,1H3,(H,16,18). The van der Waals surface area contributed by atoms with Crippen LogP contribution in [-0.2, 0) is 11.2 Å². The molecular weight excluding hydrogens is 228 g/mol. The number of amides is 1. The number of hydrogen-bond acceptors (Lipinski definition) is 3. The summed E-state index contributed by atoms with van der Waals surface area (Å²) in [5.41, 5.74) is 2.28. The van der Waals surface area contributed by atoms with Crippen molar-refractivity contribution in [3.63, 3.8) is 0 Å². The Morgan fingerprint density at radius 2 is 2.33 bits per heavy atom. The van der Waals surface area contributed by atoms with Crippen molar-refractivity contribution in [3.05, 3.63) is 35.4 Å². The third kappa shape index (κ3) is 2.89. The number of aliphatic hydroxyl groups is 1. The smallest absolute Gasteiger partial charge is 0.241 e. The predicted molar refractivity (Wildman–Crippen MR) is 70.2 cm³/mol. The minimum Gasteiger partial charge on any atom is -0.391 e. The van der Waals surface area contributed by atoms with Gasteiger partial charge in [-0.3, -0.25) is 4.79 Å². The van der Waals surface area contributed by atoms with Crippen molar-refractivity contribution in [3.8, 4) is 0 Å². The highest BCUT2D eigenvalue weighted by Crippen LogP contribution is 2.22. The largest absolute Gasteiger partial charge is 0.391 e. The molecule has 0 saturated carbocycles. The van der Waals surface area contributed by atoms with Crippen LogP contribution in [0.3, 0.4) is 0 Å². The molecule has 98 valence electrons. The van der Waals surface area contributed by atoms with Crippen molar-refractivity contribution in [2.45, 2.75) is 31.9 Å². The third-order valence-electron chi connectivity index (χ3n) is 3.35. The normalized spacial score (nSPS) is 20.0. The van der Waals surface area contributed by atoms with Crippen LogP contribution in [0.15, 0.2) is 24.3 Å². The zero-order valence-corrected chi connectivity index (χ0v) is 10.6. The summed E-state index contributed by atoms with van der Waals surface area (Å²) in [5.74, 6) is -0.0605. The van der Waals surface area contributed by atoms with Gasteiger partial charge < -0.3 is 15.7 Å². The van der Waals surface area contributed by atoms with Crippen LogP contribution in [0.4, 0.5) is 0 Å². The summed E-state index contributed by atoms with van der Waals surface area (Å²) >= 11 is 0. The summed E-state index contributed by atoms with van der Waals surface area (Å²) in [4.78, 5) is 12.1. The lowest BCUT2D eigenvalue weighted by Gasteiger charge is -2.26. The Labute approximate surface area is 107 Å². The second-order valence-electron chi connectivity index (χ2n) is 4.64. The second-order valence-corrected chi connectivity index (χ2v) is 4.64. The highest BCUT2D eigenvalue weighted by Gasteiger charge is 2.25. The molecule has 4 nitrogen and oxygen atoms in total. The van der Waals surface area contributed by atoms with Crippen molar-refractivity contribution in [2.24, 2.45) is 0 Å². The minimum atomic E-state index is -0.465. The molecule has 0 aliphatic carbocycles. The van der Waals surface area contributed by atoms with E-state index in [1.54, 1.807) is 0 Å². The maximum atomic E-state index is 12.1. The molecule has 0 saturated heterocycles. The Balaban J connectivity index is 2.04. The van der Waals surface area contributed by atoms with Gasteiger partial charge in [0.2, 0.25) is 5.91 Å². The summed E-state index contributed by atoms with van der Waals surface area (Å²) in [7, 11) is 0. The quantitative estimate of drug-likeness (QED) is 0.737. The van der Waals surface area contributed by atoms with Gasteiger partial charge in [0.1, 0.15) is 6.04 Å². The fourth-order valence-electron chi connectivity index (χ4n) is 2.20. The van der Waals surface area contributed by atoms with E-state index in [0.717, 1.165) is 18.5 Å². The second kappa shape index (κ2) is 5.98. The molecule has 3 N–H and O–H groups in total. The number of nitrogens with one attached hydrogen (secondary N) is 2. The van der Waals surface area contributed by atoms with Gasteiger partial charge in [0, 0.05) is 13.1 Å². The Morgan fingerprint density at radius 1 is 1.56 bits per heavy atom. The number of fused-ring (bicyclic) bond motifs is 1. The summed E-state index contributed by atoms with van der Waals surface area (Å²) in [6, 6.07) is 7.71. The first-order chi connectivity index (χ1) is 8.72. The fraction of sp³-hybridized carbons (Fsp3) is 0.500. The van der Waals surface area contributed by atoms with Crippen molar-refractivity contribution in [1.29, 1.82) is 0 Å². The van der Waals surface area contributed by atoms with Crippen LogP contribution < -0.4 is 10.6 Å². The van der Waals surface area contributed by atoms with E-state index in [1.807, 2.05) is 25.1 Å². The maximum Gasteiger partial charge on any atom is 0.241 e. The average molecular weight is 248 g/mol. The number of rotatable bonds is 4. The third-order valence-corrected chi connectivity index (χ3v) is 3.35. The minimum absolute atomic E-state index is 0.0605. The molecule has 4 heteroatoms. The molecule has 0 aromatic heterocycles. The molecule has 0 radical (unpaired) electrons. The van der Waals surface area contributed by atoms with E-state index in [-0.39, 0.29) is 11.9 Å². The lowest BCUT2D eigenvalue weighted by molar-refractivity contribution is -0.123. The van der Waals surface area contributed by atoms with Gasteiger partial charge in [0.25, 0.3) is 0 Å². The average Bonchev–Trinajstić information content (AvgIpc) is 2.43. The lowest BCUT2D eigenvalue weighted by atomic mass is 9.94. The molecule has 0 fully saturated rings. The molecule has 1 heterocycles. The Morgan fingerprint density at radius 3 is 3.11 bits per heavy atom. The molecular formula is C14H20N2O2. The first kappa shape index (κ1) is 13.1. The van der Waals surface area contributed by atoms with Crippen molar-refractivity contribution >= 4 is 5.91 Å². The molecule has 0 bridgehead atoms. The number of hydrogen-bond donors (Lipinski definition) is 3. The molecule has 1 aliphatic rings. The van der Waals surface area contributed by atoms with E-state index in [0.29, 0.717) is 13.0 Å². The van der Waals surface area contributed by atoms with E-state index in [4.69, 9.17) is 0 Å². The fourth-order valence-corrected chi connectivity index (χ4v) is 2.20. The van der Waals surface area contributed by atoms with Gasteiger partial charge >= 0.3 is 0 Å². The van der Waals surface area contributed by atoms with Gasteiger partial charge in [-0.05, 0) is 24.0 Å². The zero-order valence-electron chi connectivity index (χ0n) is 10.6. The van der Waals surface area contributed by atoms with Crippen LogP contribution in [0, 0.1) is 0 Å². The van der Waals surface area contributed by atoms with E-state index in [1.165, 1.54) is 5.56 Å². The highest BCUT2D eigenvalue weighted by atomic mass is 16.3. The Hall–Kier alpha value is -1.39. The van der Waals surface area contributed by atoms with Crippen LogP contribution in [-0.4, -0.2) is 30.2 Å². The zero-order chi connectivity index (χ0) is 13.0. The van der Waals surface area contributed by atoms with E-state index in [2.05, 4.69) is 16.7 Å². The molecule has 18 heavy (non-hydrogen) atoms. The van der Waals surface area contributed by atoms with Gasteiger partial charge in [0.15, 0.2) is 0 Å². The van der Waals surface area contributed by atoms with Crippen molar-refractivity contribution in [1.82, 2.24) is 10.6 Å². The van der Waals surface area contributed by atoms with Gasteiger partial charge in [0.05, 0.1) is 6.10 Å². The van der Waals surface area contributed by atoms with Crippen molar-refractivity contribution < 1.29 is 9.90 Å². The van der Waals surface area contributed by atoms with E-state index < -0.39 is 6.10 Å². The summed E-state index contributed by atoms with van der Waals surface area (Å²) in [6.45, 7) is 3.02. The number of carbonyl (C=O) groups excluding carboxylic acids is 1. The summed E-state index contributed by atoms with van der Waals surface area (Å²) in [6.07, 6.45) is 1.14. The molecule has 1 aromatic rings. The lowest BCUT2D eigenvalue weighted by Crippen LogP contribution is -2.43. The molecule has 2 atom stereocenters. The van der Waals surface area contributed by atoms with Crippen LogP contribution in [0.1, 0.15) is 30.5 Å². The number of carbonyl (C=O) groups is 1. The first-order valence-electron chi connectivity index (χ1n) is 6.49. The Kier molecular flexibility index (Phi) is 4.33. The molecule has 2 unspecified atom stereocenters. The van der Waals surface area contributed by atoms with Crippen molar-refractivity contribution in [2.75, 3.05) is 13.1 Å². The van der Waals surface area contributed by atoms with Gasteiger partial charge in [-0.2, -0.15) is 0 Å². The monoisotopic (exact) mass is 248 g/mol. The van der Waals surface area contributed by atoms with Gasteiger partial charge in [-0.1, -0.05) is 31.2 Å². The molecule has 1 aromatic carbocycles. The summed E-state index contributed by atoms with van der Waals surface area (Å²) < 4.78 is 0. The van der Waals surface area contributed by atoms with E-state index >= 15 is 0 Å². The van der Waals surface area contributed by atoms with Gasteiger partial charge in [-0.25, -0.2) is 0 Å². The van der Waals surface area contributed by atoms with Gasteiger partial charge in [-0.15, -0.1) is 0 Å². The molecule has 1 aliphatic heterocycles. The maximum absolute atomic E-state index is 12.1. The highest BCUT2D eigenvalue weighted by molar-refractivity contribution is 5.83. The number of benzene rings is 1. The summed E-state index contributed by atoms with van der Waals surface area (Å²) in [5, 5.41) is 15.5. The van der Waals surface area contributed by atoms with Crippen LogP contribution in [0.25, 0.3) is 0 Å². The van der Waals surface area contributed by atoms with Crippen LogP contribution >= 0.6 is 0 Å². The topological polar surface area (TPSA) is 61.4 Å². The van der Waals surface area contributed by atoms with Crippen LogP contribution in [0.2, 0.25) is 0 Å². The molecule has 1 amide bonds. The molecule has 2 rings (SSSR count). The first-order valence-corrected chi connectivity index (χ1v) is 6.49. The van der Waals surface area contributed by atoms with Crippen LogP contribution in [0.5, 0.6) is 0 Å². The molecule has 0 spiro atoms.